The second-order valence-corrected chi connectivity index (χ2v) is 4.60. The Bertz CT molecular complexity index is 624. The molecule has 0 aliphatic heterocycles. The smallest absolute Gasteiger partial charge is 0.138 e. The molecule has 2 aromatic carbocycles. The Labute approximate surface area is 118 Å². The first-order chi connectivity index (χ1) is 9.60. The van der Waals surface area contributed by atoms with Gasteiger partial charge in [0.05, 0.1) is 12.2 Å². The molecule has 104 valence electrons. The monoisotopic (exact) mass is 270 g/mol. The Balaban J connectivity index is 2.30. The Morgan fingerprint density at radius 1 is 1.20 bits per heavy atom. The van der Waals surface area contributed by atoms with Crippen molar-refractivity contribution in [2.45, 2.75) is 13.5 Å². The molecule has 0 unspecified atom stereocenters. The molecule has 0 atom stereocenters. The maximum Gasteiger partial charge on any atom is 0.138 e. The molecule has 3 N–H and O–H groups in total. The van der Waals surface area contributed by atoms with Crippen molar-refractivity contribution in [2.75, 3.05) is 7.11 Å². The van der Waals surface area contributed by atoms with Crippen LogP contribution in [0.5, 0.6) is 11.5 Å². The van der Waals surface area contributed by atoms with Crippen molar-refractivity contribution in [3.63, 3.8) is 0 Å². The van der Waals surface area contributed by atoms with Crippen LogP contribution in [0.25, 0.3) is 0 Å². The minimum Gasteiger partial charge on any atom is -0.457 e. The largest absolute Gasteiger partial charge is 0.457 e. The van der Waals surface area contributed by atoms with E-state index in [1.807, 2.05) is 49.4 Å². The fraction of sp³-hybridized carbons (Fsp3) is 0.188. The average Bonchev–Trinajstić information content (AvgIpc) is 2.41. The van der Waals surface area contributed by atoms with Crippen molar-refractivity contribution in [2.24, 2.45) is 5.73 Å². The number of hydrogen-bond donors (Lipinski definition) is 2. The van der Waals surface area contributed by atoms with Gasteiger partial charge in [0.2, 0.25) is 0 Å². The quantitative estimate of drug-likeness (QED) is 0.647. The first-order valence-electron chi connectivity index (χ1n) is 6.31. The maximum absolute atomic E-state index is 7.62. The molecule has 0 saturated carbocycles. The average molecular weight is 270 g/mol. The molecule has 0 saturated heterocycles. The van der Waals surface area contributed by atoms with E-state index < -0.39 is 0 Å². The zero-order valence-electron chi connectivity index (χ0n) is 11.6. The van der Waals surface area contributed by atoms with Crippen molar-refractivity contribution < 1.29 is 9.47 Å². The third-order valence-electron chi connectivity index (χ3n) is 2.86. The Morgan fingerprint density at radius 3 is 2.70 bits per heavy atom. The summed E-state index contributed by atoms with van der Waals surface area (Å²) >= 11 is 0. The zero-order chi connectivity index (χ0) is 14.5. The topological polar surface area (TPSA) is 68.3 Å². The molecule has 4 heteroatoms. The van der Waals surface area contributed by atoms with Gasteiger partial charge in [0.15, 0.2) is 0 Å². The van der Waals surface area contributed by atoms with E-state index in [1.165, 1.54) is 0 Å². The van der Waals surface area contributed by atoms with E-state index in [-0.39, 0.29) is 5.84 Å². The van der Waals surface area contributed by atoms with Crippen LogP contribution in [0.15, 0.2) is 42.5 Å². The van der Waals surface area contributed by atoms with Crippen LogP contribution >= 0.6 is 0 Å². The molecular formula is C16H18N2O2. The lowest BCUT2D eigenvalue weighted by molar-refractivity contribution is 0.184. The summed E-state index contributed by atoms with van der Waals surface area (Å²) < 4.78 is 10.9. The Kier molecular flexibility index (Phi) is 4.38. The van der Waals surface area contributed by atoms with Gasteiger partial charge in [-0.05, 0) is 36.8 Å². The summed E-state index contributed by atoms with van der Waals surface area (Å²) in [6.07, 6.45) is 0. The minimum atomic E-state index is -0.00301. The van der Waals surface area contributed by atoms with Crippen molar-refractivity contribution in [3.05, 3.63) is 59.2 Å². The first kappa shape index (κ1) is 14.1. The van der Waals surface area contributed by atoms with Gasteiger partial charge in [-0.15, -0.1) is 0 Å². The van der Waals surface area contributed by atoms with Gasteiger partial charge in [-0.2, -0.15) is 0 Å². The standard InChI is InChI=1S/C16H18N2O2/c1-11-6-7-15(14(8-11)16(17)18)20-13-5-3-4-12(9-13)10-19-2/h3-9H,10H2,1-2H3,(H3,17,18). The van der Waals surface area contributed by atoms with E-state index in [0.29, 0.717) is 23.7 Å². The second-order valence-electron chi connectivity index (χ2n) is 4.60. The molecule has 0 bridgehead atoms. The van der Waals surface area contributed by atoms with E-state index in [0.717, 1.165) is 11.1 Å². The van der Waals surface area contributed by atoms with E-state index >= 15 is 0 Å². The number of benzene rings is 2. The van der Waals surface area contributed by atoms with Crippen LogP contribution in [0.2, 0.25) is 0 Å². The highest BCUT2D eigenvalue weighted by Gasteiger charge is 2.08. The summed E-state index contributed by atoms with van der Waals surface area (Å²) in [5.74, 6) is 1.28. The van der Waals surface area contributed by atoms with Crippen LogP contribution in [0.1, 0.15) is 16.7 Å². The highest BCUT2D eigenvalue weighted by atomic mass is 16.5. The van der Waals surface area contributed by atoms with Crippen molar-refractivity contribution >= 4 is 5.84 Å². The highest BCUT2D eigenvalue weighted by Crippen LogP contribution is 2.26. The molecule has 4 nitrogen and oxygen atoms in total. The van der Waals surface area contributed by atoms with Gasteiger partial charge < -0.3 is 15.2 Å². The number of methoxy groups -OCH3 is 1. The summed E-state index contributed by atoms with van der Waals surface area (Å²) in [4.78, 5) is 0. The summed E-state index contributed by atoms with van der Waals surface area (Å²) in [7, 11) is 1.65. The maximum atomic E-state index is 7.62. The molecule has 2 aromatic rings. The van der Waals surface area contributed by atoms with Crippen LogP contribution in [0, 0.1) is 12.3 Å². The van der Waals surface area contributed by atoms with Gasteiger partial charge in [0, 0.05) is 7.11 Å². The number of nitrogen functional groups attached to an aromatic ring is 1. The summed E-state index contributed by atoms with van der Waals surface area (Å²) in [6.45, 7) is 2.49. The molecule has 0 spiro atoms. The van der Waals surface area contributed by atoms with Gasteiger partial charge in [0.25, 0.3) is 0 Å². The zero-order valence-corrected chi connectivity index (χ0v) is 11.6. The fourth-order valence-corrected chi connectivity index (χ4v) is 1.94. The van der Waals surface area contributed by atoms with Crippen LogP contribution < -0.4 is 10.5 Å². The number of amidine groups is 1. The summed E-state index contributed by atoms with van der Waals surface area (Å²) in [5, 5.41) is 7.62. The lowest BCUT2D eigenvalue weighted by Gasteiger charge is -2.12. The molecule has 0 aliphatic rings. The van der Waals surface area contributed by atoms with Crippen molar-refractivity contribution in [3.8, 4) is 11.5 Å². The number of nitrogens with one attached hydrogen (secondary N) is 1. The van der Waals surface area contributed by atoms with E-state index in [9.17, 15) is 0 Å². The van der Waals surface area contributed by atoms with Crippen LogP contribution in [-0.2, 0) is 11.3 Å². The predicted octanol–water partition coefficient (Wildman–Crippen LogP) is 3.22. The van der Waals surface area contributed by atoms with Gasteiger partial charge in [-0.3, -0.25) is 5.41 Å². The van der Waals surface area contributed by atoms with E-state index in [1.54, 1.807) is 7.11 Å². The molecule has 0 aromatic heterocycles. The second kappa shape index (κ2) is 6.21. The van der Waals surface area contributed by atoms with Crippen LogP contribution in [0.4, 0.5) is 0 Å². The number of aryl methyl sites for hydroxylation is 1. The normalized spacial score (nSPS) is 10.3. The van der Waals surface area contributed by atoms with Crippen molar-refractivity contribution in [1.82, 2.24) is 0 Å². The van der Waals surface area contributed by atoms with Crippen molar-refractivity contribution in [1.29, 1.82) is 5.41 Å². The summed E-state index contributed by atoms with van der Waals surface area (Å²) in [5.41, 5.74) is 8.26. The Hall–Kier alpha value is -2.33. The van der Waals surface area contributed by atoms with Gasteiger partial charge in [-0.25, -0.2) is 0 Å². The molecule has 0 heterocycles. The molecule has 2 rings (SSSR count). The predicted molar refractivity (Wildman–Crippen MR) is 79.4 cm³/mol. The first-order valence-corrected chi connectivity index (χ1v) is 6.31. The SMILES string of the molecule is COCc1cccc(Oc2ccc(C)cc2C(=N)N)c1. The lowest BCUT2D eigenvalue weighted by Crippen LogP contribution is -2.12. The number of rotatable bonds is 5. The fourth-order valence-electron chi connectivity index (χ4n) is 1.94. The summed E-state index contributed by atoms with van der Waals surface area (Å²) in [6, 6.07) is 13.3. The van der Waals surface area contributed by atoms with Crippen LogP contribution in [-0.4, -0.2) is 12.9 Å². The minimum absolute atomic E-state index is 0.00301. The molecule has 0 fully saturated rings. The molecular weight excluding hydrogens is 252 g/mol. The Morgan fingerprint density at radius 2 is 2.00 bits per heavy atom. The van der Waals surface area contributed by atoms with Crippen LogP contribution in [0.3, 0.4) is 0 Å². The van der Waals surface area contributed by atoms with E-state index in [4.69, 9.17) is 20.6 Å². The number of ether oxygens (including phenoxy) is 2. The molecule has 0 aliphatic carbocycles. The van der Waals surface area contributed by atoms with E-state index in [2.05, 4.69) is 0 Å². The lowest BCUT2D eigenvalue weighted by atomic mass is 10.1. The molecule has 0 amide bonds. The third kappa shape index (κ3) is 3.36. The third-order valence-corrected chi connectivity index (χ3v) is 2.86. The number of nitrogens with two attached hydrogens (primary N) is 1. The highest BCUT2D eigenvalue weighted by molar-refractivity contribution is 5.97. The van der Waals surface area contributed by atoms with Gasteiger partial charge in [-0.1, -0.05) is 23.8 Å². The number of hydrogen-bond acceptors (Lipinski definition) is 3. The van der Waals surface area contributed by atoms with Gasteiger partial charge in [0.1, 0.15) is 17.3 Å². The molecule has 20 heavy (non-hydrogen) atoms. The molecule has 0 radical (unpaired) electrons. The van der Waals surface area contributed by atoms with Gasteiger partial charge >= 0.3 is 0 Å².